The highest BCUT2D eigenvalue weighted by Gasteiger charge is 2.21. The lowest BCUT2D eigenvalue weighted by atomic mass is 10.2. The number of nitrogens with zero attached hydrogens (tertiary/aromatic N) is 1. The molecule has 2 rings (SSSR count). The van der Waals surface area contributed by atoms with Crippen molar-refractivity contribution in [3.63, 3.8) is 0 Å². The number of fused-ring (bicyclic) bond motifs is 1. The van der Waals surface area contributed by atoms with E-state index in [1.165, 1.54) is 16.2 Å². The average Bonchev–Trinajstić information content (AvgIpc) is 2.75. The minimum Gasteiger partial charge on any atom is -0.397 e. The first-order chi connectivity index (χ1) is 9.41. The zero-order valence-corrected chi connectivity index (χ0v) is 12.5. The van der Waals surface area contributed by atoms with Crippen molar-refractivity contribution in [1.82, 2.24) is 10.2 Å². The normalized spacial score (nSPS) is 12.2. The Kier molecular flexibility index (Phi) is 3.94. The number of rotatable bonds is 3. The predicted octanol–water partition coefficient (Wildman–Crippen LogP) is 1.69. The van der Waals surface area contributed by atoms with Crippen LogP contribution >= 0.6 is 11.3 Å². The van der Waals surface area contributed by atoms with Crippen molar-refractivity contribution in [2.24, 2.45) is 0 Å². The van der Waals surface area contributed by atoms with Crippen molar-refractivity contribution >= 4 is 38.9 Å². The van der Waals surface area contributed by atoms with Gasteiger partial charge in [0.1, 0.15) is 10.9 Å². The molecule has 0 spiro atoms. The van der Waals surface area contributed by atoms with Crippen LogP contribution in [0, 0.1) is 0 Å². The van der Waals surface area contributed by atoms with Crippen LogP contribution in [0.5, 0.6) is 0 Å². The van der Waals surface area contributed by atoms with Gasteiger partial charge in [0.2, 0.25) is 5.91 Å². The van der Waals surface area contributed by atoms with Crippen LogP contribution in [-0.4, -0.2) is 36.9 Å². The minimum atomic E-state index is -0.581. The van der Waals surface area contributed by atoms with E-state index in [0.29, 0.717) is 10.6 Å². The van der Waals surface area contributed by atoms with Crippen LogP contribution in [0.3, 0.4) is 0 Å². The van der Waals surface area contributed by atoms with Crippen molar-refractivity contribution in [1.29, 1.82) is 0 Å². The lowest BCUT2D eigenvalue weighted by Gasteiger charge is -2.17. The minimum absolute atomic E-state index is 0.155. The standard InChI is InChI=1S/C14H17N3O2S/c1-8(14(19)17(2)3)16-13(18)12-11(15)9-6-4-5-7-10(9)20-12/h4-8H,15H2,1-3H3,(H,16,18). The number of carbonyl (C=O) groups excluding carboxylic acids is 2. The van der Waals surface area contributed by atoms with Crippen molar-refractivity contribution in [2.75, 3.05) is 19.8 Å². The average molecular weight is 291 g/mol. The molecule has 0 fully saturated rings. The molecular formula is C14H17N3O2S. The number of carbonyl (C=O) groups is 2. The van der Waals surface area contributed by atoms with Crippen LogP contribution in [0.1, 0.15) is 16.6 Å². The third kappa shape index (κ3) is 2.60. The summed E-state index contributed by atoms with van der Waals surface area (Å²) in [7, 11) is 3.30. The van der Waals surface area contributed by atoms with Crippen LogP contribution in [0.25, 0.3) is 10.1 Å². The first-order valence-electron chi connectivity index (χ1n) is 6.21. The van der Waals surface area contributed by atoms with Gasteiger partial charge in [-0.1, -0.05) is 18.2 Å². The Balaban J connectivity index is 2.24. The highest BCUT2D eigenvalue weighted by Crippen LogP contribution is 2.33. The van der Waals surface area contributed by atoms with E-state index in [9.17, 15) is 9.59 Å². The van der Waals surface area contributed by atoms with Gasteiger partial charge < -0.3 is 16.0 Å². The second-order valence-corrected chi connectivity index (χ2v) is 5.82. The number of thiophene rings is 1. The van der Waals surface area contributed by atoms with E-state index in [-0.39, 0.29) is 11.8 Å². The van der Waals surface area contributed by atoms with Crippen LogP contribution in [-0.2, 0) is 4.79 Å². The van der Waals surface area contributed by atoms with Crippen LogP contribution < -0.4 is 11.1 Å². The number of hydrogen-bond donors (Lipinski definition) is 2. The molecule has 2 aromatic rings. The topological polar surface area (TPSA) is 75.4 Å². The van der Waals surface area contributed by atoms with E-state index >= 15 is 0 Å². The molecule has 106 valence electrons. The number of likely N-dealkylation sites (N-methyl/N-ethyl adjacent to an activating group) is 1. The first kappa shape index (κ1) is 14.3. The Labute approximate surface area is 121 Å². The first-order valence-corrected chi connectivity index (χ1v) is 7.02. The molecule has 1 atom stereocenters. The van der Waals surface area contributed by atoms with Gasteiger partial charge in [0.15, 0.2) is 0 Å². The summed E-state index contributed by atoms with van der Waals surface area (Å²) in [6, 6.07) is 7.00. The van der Waals surface area contributed by atoms with E-state index in [4.69, 9.17) is 5.73 Å². The molecule has 1 heterocycles. The van der Waals surface area contributed by atoms with E-state index in [2.05, 4.69) is 5.32 Å². The third-order valence-corrected chi connectivity index (χ3v) is 4.18. The summed E-state index contributed by atoms with van der Waals surface area (Å²) < 4.78 is 0.960. The third-order valence-electron chi connectivity index (χ3n) is 3.00. The molecule has 0 aliphatic heterocycles. The molecule has 5 nitrogen and oxygen atoms in total. The molecule has 1 unspecified atom stereocenters. The molecule has 1 aromatic carbocycles. The lowest BCUT2D eigenvalue weighted by molar-refractivity contribution is -0.130. The maximum Gasteiger partial charge on any atom is 0.264 e. The second-order valence-electron chi connectivity index (χ2n) is 4.77. The largest absolute Gasteiger partial charge is 0.397 e. The number of nitrogen functional groups attached to an aromatic ring is 1. The fraction of sp³-hybridized carbons (Fsp3) is 0.286. The zero-order valence-electron chi connectivity index (χ0n) is 11.6. The van der Waals surface area contributed by atoms with Crippen LogP contribution in [0.4, 0.5) is 5.69 Å². The molecule has 0 bridgehead atoms. The molecule has 0 saturated carbocycles. The summed E-state index contributed by atoms with van der Waals surface area (Å²) in [5.41, 5.74) is 6.47. The molecule has 3 N–H and O–H groups in total. The maximum absolute atomic E-state index is 12.2. The molecule has 1 aromatic heterocycles. The van der Waals surface area contributed by atoms with Gasteiger partial charge in [0.25, 0.3) is 5.91 Å². The summed E-state index contributed by atoms with van der Waals surface area (Å²) in [6.07, 6.45) is 0. The molecule has 6 heteroatoms. The Morgan fingerprint density at radius 3 is 2.55 bits per heavy atom. The molecular weight excluding hydrogens is 274 g/mol. The number of hydrogen-bond acceptors (Lipinski definition) is 4. The van der Waals surface area contributed by atoms with E-state index in [1.54, 1.807) is 21.0 Å². The van der Waals surface area contributed by atoms with E-state index < -0.39 is 6.04 Å². The van der Waals surface area contributed by atoms with Gasteiger partial charge in [-0.05, 0) is 13.0 Å². The SMILES string of the molecule is CC(NC(=O)c1sc2ccccc2c1N)C(=O)N(C)C. The van der Waals surface area contributed by atoms with E-state index in [0.717, 1.165) is 10.1 Å². The summed E-state index contributed by atoms with van der Waals surface area (Å²) in [6.45, 7) is 1.66. The zero-order chi connectivity index (χ0) is 14.9. The number of benzene rings is 1. The van der Waals surface area contributed by atoms with Gasteiger partial charge in [-0.25, -0.2) is 0 Å². The monoisotopic (exact) mass is 291 g/mol. The highest BCUT2D eigenvalue weighted by atomic mass is 32.1. The fourth-order valence-electron chi connectivity index (χ4n) is 1.95. The van der Waals surface area contributed by atoms with Gasteiger partial charge in [-0.2, -0.15) is 0 Å². The van der Waals surface area contributed by atoms with Gasteiger partial charge in [-0.15, -0.1) is 11.3 Å². The van der Waals surface area contributed by atoms with Gasteiger partial charge in [0.05, 0.1) is 5.69 Å². The predicted molar refractivity (Wildman–Crippen MR) is 81.9 cm³/mol. The summed E-state index contributed by atoms with van der Waals surface area (Å²) in [4.78, 5) is 25.9. The summed E-state index contributed by atoms with van der Waals surface area (Å²) >= 11 is 1.33. The Hall–Kier alpha value is -2.08. The molecule has 0 saturated heterocycles. The van der Waals surface area contributed by atoms with Crippen LogP contribution in [0.15, 0.2) is 24.3 Å². The summed E-state index contributed by atoms with van der Waals surface area (Å²) in [5.74, 6) is -0.468. The molecule has 0 radical (unpaired) electrons. The van der Waals surface area contributed by atoms with Gasteiger partial charge in [0, 0.05) is 24.2 Å². The molecule has 20 heavy (non-hydrogen) atoms. The maximum atomic E-state index is 12.2. The molecule has 0 aliphatic carbocycles. The number of amides is 2. The second kappa shape index (κ2) is 5.50. The van der Waals surface area contributed by atoms with Crippen LogP contribution in [0.2, 0.25) is 0 Å². The lowest BCUT2D eigenvalue weighted by Crippen LogP contribution is -2.44. The van der Waals surface area contributed by atoms with Gasteiger partial charge in [-0.3, -0.25) is 9.59 Å². The fourth-order valence-corrected chi connectivity index (χ4v) is 2.97. The van der Waals surface area contributed by atoms with Crippen molar-refractivity contribution < 1.29 is 9.59 Å². The summed E-state index contributed by atoms with van der Waals surface area (Å²) in [5, 5.41) is 3.55. The number of nitrogens with two attached hydrogens (primary N) is 1. The van der Waals surface area contributed by atoms with Crippen molar-refractivity contribution in [3.05, 3.63) is 29.1 Å². The Morgan fingerprint density at radius 1 is 1.30 bits per heavy atom. The Morgan fingerprint density at radius 2 is 1.95 bits per heavy atom. The molecule has 0 aliphatic rings. The van der Waals surface area contributed by atoms with Gasteiger partial charge >= 0.3 is 0 Å². The number of nitrogens with one attached hydrogen (secondary N) is 1. The molecule has 2 amide bonds. The van der Waals surface area contributed by atoms with Crippen molar-refractivity contribution in [2.45, 2.75) is 13.0 Å². The quantitative estimate of drug-likeness (QED) is 0.903. The number of anilines is 1. The Bertz CT molecular complexity index is 663. The highest BCUT2D eigenvalue weighted by molar-refractivity contribution is 7.21. The van der Waals surface area contributed by atoms with Crippen molar-refractivity contribution in [3.8, 4) is 0 Å². The smallest absolute Gasteiger partial charge is 0.264 e. The van der Waals surface area contributed by atoms with E-state index in [1.807, 2.05) is 24.3 Å².